The molecular formula is C10H12N2O2. The van der Waals surface area contributed by atoms with Gasteiger partial charge in [0, 0.05) is 50.0 Å². The molecule has 1 aromatic rings. The summed E-state index contributed by atoms with van der Waals surface area (Å²) in [6, 6.07) is 3.06. The zero-order valence-electron chi connectivity index (χ0n) is 7.77. The smallest absolute Gasteiger partial charge is 0.220 e. The number of nitrogens with one attached hydrogen (secondary N) is 1. The van der Waals surface area contributed by atoms with Crippen LogP contribution in [0.5, 0.6) is 0 Å². The monoisotopic (exact) mass is 192 g/mol. The molecule has 2 heterocycles. The topological polar surface area (TPSA) is 51.1 Å². The number of hydrogen-bond acceptors (Lipinski definition) is 2. The van der Waals surface area contributed by atoms with Crippen molar-refractivity contribution in [3.05, 3.63) is 34.7 Å². The third-order valence-electron chi connectivity index (χ3n) is 2.39. The number of carbonyl (C=O) groups excluding carboxylic acids is 1. The average molecular weight is 192 g/mol. The molecule has 0 saturated carbocycles. The van der Waals surface area contributed by atoms with Gasteiger partial charge in [0.1, 0.15) is 0 Å². The molecule has 1 aromatic heterocycles. The molecule has 0 aliphatic carbocycles. The Balaban J connectivity index is 2.01. The molecule has 1 amide bonds. The molecule has 74 valence electrons. The van der Waals surface area contributed by atoms with Crippen LogP contribution < -0.4 is 10.7 Å². The van der Waals surface area contributed by atoms with Crippen LogP contribution in [0.3, 0.4) is 0 Å². The summed E-state index contributed by atoms with van der Waals surface area (Å²) < 4.78 is 1.94. The van der Waals surface area contributed by atoms with Crippen LogP contribution in [0.2, 0.25) is 0 Å². The van der Waals surface area contributed by atoms with Crippen molar-refractivity contribution in [1.82, 2.24) is 9.88 Å². The molecule has 0 spiro atoms. The number of amides is 1. The fraction of sp³-hybridized carbons (Fsp3) is 0.400. The first-order valence-electron chi connectivity index (χ1n) is 4.67. The molecule has 4 heteroatoms. The van der Waals surface area contributed by atoms with Crippen LogP contribution in [0.15, 0.2) is 29.3 Å². The lowest BCUT2D eigenvalue weighted by Gasteiger charge is -2.09. The molecule has 0 radical (unpaired) electrons. The van der Waals surface area contributed by atoms with Crippen LogP contribution in [0, 0.1) is 5.92 Å². The summed E-state index contributed by atoms with van der Waals surface area (Å²) in [6.45, 7) is 1.53. The summed E-state index contributed by atoms with van der Waals surface area (Å²) in [5, 5.41) is 2.79. The fourth-order valence-electron chi connectivity index (χ4n) is 1.66. The Morgan fingerprint density at radius 3 is 2.64 bits per heavy atom. The van der Waals surface area contributed by atoms with Crippen LogP contribution in [0.1, 0.15) is 6.42 Å². The van der Waals surface area contributed by atoms with Crippen molar-refractivity contribution in [1.29, 1.82) is 0 Å². The second kappa shape index (κ2) is 3.65. The number of pyridine rings is 1. The van der Waals surface area contributed by atoms with Crippen molar-refractivity contribution in [3.8, 4) is 0 Å². The van der Waals surface area contributed by atoms with Gasteiger partial charge in [-0.1, -0.05) is 0 Å². The van der Waals surface area contributed by atoms with E-state index in [9.17, 15) is 9.59 Å². The Morgan fingerprint density at radius 1 is 1.36 bits per heavy atom. The highest BCUT2D eigenvalue weighted by atomic mass is 16.1. The molecule has 1 N–H and O–H groups in total. The Kier molecular flexibility index (Phi) is 2.35. The second-order valence-corrected chi connectivity index (χ2v) is 3.60. The van der Waals surface area contributed by atoms with Crippen molar-refractivity contribution in [2.45, 2.75) is 13.0 Å². The Hall–Kier alpha value is -1.58. The summed E-state index contributed by atoms with van der Waals surface area (Å²) in [5.41, 5.74) is 0.0156. The summed E-state index contributed by atoms with van der Waals surface area (Å²) in [6.07, 6.45) is 4.10. The quantitative estimate of drug-likeness (QED) is 0.716. The van der Waals surface area contributed by atoms with E-state index in [1.54, 1.807) is 12.4 Å². The van der Waals surface area contributed by atoms with E-state index in [0.717, 1.165) is 13.1 Å². The van der Waals surface area contributed by atoms with Crippen LogP contribution in [-0.4, -0.2) is 17.0 Å². The first-order chi connectivity index (χ1) is 6.74. The highest BCUT2D eigenvalue weighted by molar-refractivity contribution is 5.78. The number of rotatable bonds is 2. The van der Waals surface area contributed by atoms with Crippen molar-refractivity contribution < 1.29 is 4.79 Å². The van der Waals surface area contributed by atoms with E-state index in [1.807, 2.05) is 4.57 Å². The fourth-order valence-corrected chi connectivity index (χ4v) is 1.66. The van der Waals surface area contributed by atoms with Gasteiger partial charge in [0.2, 0.25) is 5.91 Å². The van der Waals surface area contributed by atoms with Crippen molar-refractivity contribution in [2.75, 3.05) is 6.54 Å². The van der Waals surface area contributed by atoms with Crippen LogP contribution in [0.25, 0.3) is 0 Å². The van der Waals surface area contributed by atoms with Gasteiger partial charge in [-0.3, -0.25) is 9.59 Å². The van der Waals surface area contributed by atoms with Gasteiger partial charge in [-0.05, 0) is 0 Å². The maximum absolute atomic E-state index is 10.9. The Morgan fingerprint density at radius 2 is 2.07 bits per heavy atom. The van der Waals surface area contributed by atoms with Crippen LogP contribution >= 0.6 is 0 Å². The number of nitrogens with zero attached hydrogens (tertiary/aromatic N) is 1. The molecule has 4 nitrogen and oxygen atoms in total. The minimum Gasteiger partial charge on any atom is -0.356 e. The minimum absolute atomic E-state index is 0.0156. The normalized spacial score (nSPS) is 20.9. The molecule has 1 unspecified atom stereocenters. The summed E-state index contributed by atoms with van der Waals surface area (Å²) in [5.74, 6) is 0.473. The lowest BCUT2D eigenvalue weighted by molar-refractivity contribution is -0.119. The van der Waals surface area contributed by atoms with Crippen molar-refractivity contribution in [2.24, 2.45) is 5.92 Å². The van der Waals surface area contributed by atoms with Gasteiger partial charge >= 0.3 is 0 Å². The molecule has 1 atom stereocenters. The predicted molar refractivity (Wildman–Crippen MR) is 51.8 cm³/mol. The SMILES string of the molecule is O=C1CC(Cn2ccc(=O)cc2)CN1. The van der Waals surface area contributed by atoms with Gasteiger partial charge < -0.3 is 9.88 Å². The van der Waals surface area contributed by atoms with E-state index in [1.165, 1.54) is 12.1 Å². The van der Waals surface area contributed by atoms with Crippen molar-refractivity contribution in [3.63, 3.8) is 0 Å². The number of hydrogen-bond donors (Lipinski definition) is 1. The first kappa shape index (κ1) is 8.99. The molecule has 0 aromatic carbocycles. The zero-order chi connectivity index (χ0) is 9.97. The van der Waals surface area contributed by atoms with E-state index in [-0.39, 0.29) is 11.3 Å². The lowest BCUT2D eigenvalue weighted by Crippen LogP contribution is -2.16. The van der Waals surface area contributed by atoms with Gasteiger partial charge in [-0.2, -0.15) is 0 Å². The van der Waals surface area contributed by atoms with Crippen molar-refractivity contribution >= 4 is 5.91 Å². The molecule has 0 bridgehead atoms. The third kappa shape index (κ3) is 2.02. The molecule has 1 aliphatic rings. The van der Waals surface area contributed by atoms with Gasteiger partial charge in [0.15, 0.2) is 5.43 Å². The Labute approximate surface area is 81.6 Å². The van der Waals surface area contributed by atoms with E-state index in [4.69, 9.17) is 0 Å². The van der Waals surface area contributed by atoms with E-state index >= 15 is 0 Å². The van der Waals surface area contributed by atoms with Crippen LogP contribution in [-0.2, 0) is 11.3 Å². The zero-order valence-corrected chi connectivity index (χ0v) is 7.77. The van der Waals surface area contributed by atoms with Gasteiger partial charge in [0.25, 0.3) is 0 Å². The van der Waals surface area contributed by atoms with E-state index in [0.29, 0.717) is 12.3 Å². The molecular weight excluding hydrogens is 180 g/mol. The Bertz CT molecular complexity index is 377. The molecule has 1 fully saturated rings. The highest BCUT2D eigenvalue weighted by Crippen LogP contribution is 2.10. The standard InChI is InChI=1S/C10H12N2O2/c13-9-1-3-12(4-2-9)7-8-5-10(14)11-6-8/h1-4,8H,5-7H2,(H,11,14). The summed E-state index contributed by atoms with van der Waals surface area (Å²) >= 11 is 0. The maximum atomic E-state index is 10.9. The average Bonchev–Trinajstić information content (AvgIpc) is 2.56. The van der Waals surface area contributed by atoms with E-state index in [2.05, 4.69) is 5.32 Å². The van der Waals surface area contributed by atoms with Gasteiger partial charge in [0.05, 0.1) is 0 Å². The number of carbonyl (C=O) groups is 1. The second-order valence-electron chi connectivity index (χ2n) is 3.60. The molecule has 1 aliphatic heterocycles. The minimum atomic E-state index is 0.0156. The first-order valence-corrected chi connectivity index (χ1v) is 4.67. The predicted octanol–water partition coefficient (Wildman–Crippen LogP) is -0.0156. The molecule has 14 heavy (non-hydrogen) atoms. The van der Waals surface area contributed by atoms with Gasteiger partial charge in [-0.25, -0.2) is 0 Å². The molecule has 1 saturated heterocycles. The van der Waals surface area contributed by atoms with Crippen LogP contribution in [0.4, 0.5) is 0 Å². The summed E-state index contributed by atoms with van der Waals surface area (Å²) in [7, 11) is 0. The number of aromatic nitrogens is 1. The van der Waals surface area contributed by atoms with Gasteiger partial charge in [-0.15, -0.1) is 0 Å². The largest absolute Gasteiger partial charge is 0.356 e. The third-order valence-corrected chi connectivity index (χ3v) is 2.39. The highest BCUT2D eigenvalue weighted by Gasteiger charge is 2.20. The van der Waals surface area contributed by atoms with E-state index < -0.39 is 0 Å². The molecule has 2 rings (SSSR count). The lowest BCUT2D eigenvalue weighted by atomic mass is 10.1. The maximum Gasteiger partial charge on any atom is 0.220 e. The summed E-state index contributed by atoms with van der Waals surface area (Å²) in [4.78, 5) is 21.8.